The van der Waals surface area contributed by atoms with Crippen LogP contribution in [0.1, 0.15) is 17.4 Å². The molecule has 1 unspecified atom stereocenters. The molecule has 0 spiro atoms. The Balaban J connectivity index is 1.57. The molecule has 0 amide bonds. The van der Waals surface area contributed by atoms with E-state index >= 15 is 0 Å². The summed E-state index contributed by atoms with van der Waals surface area (Å²) in [7, 11) is 0. The van der Waals surface area contributed by atoms with Gasteiger partial charge in [0.1, 0.15) is 5.52 Å². The summed E-state index contributed by atoms with van der Waals surface area (Å²) in [6.45, 7) is 0.617. The van der Waals surface area contributed by atoms with Crippen LogP contribution in [-0.4, -0.2) is 16.6 Å². The van der Waals surface area contributed by atoms with E-state index in [1.54, 1.807) is 11.3 Å². The van der Waals surface area contributed by atoms with E-state index in [1.807, 2.05) is 41.8 Å². The largest absolute Gasteiger partial charge is 0.424 e. The van der Waals surface area contributed by atoms with Gasteiger partial charge in [-0.15, -0.1) is 11.3 Å². The summed E-state index contributed by atoms with van der Waals surface area (Å²) in [6.07, 6.45) is 0.191. The fraction of sp³-hybridized carbons (Fsp3) is 0.214. The molecule has 2 heterocycles. The van der Waals surface area contributed by atoms with Crippen molar-refractivity contribution in [2.45, 2.75) is 12.5 Å². The molecule has 19 heavy (non-hydrogen) atoms. The van der Waals surface area contributed by atoms with Crippen molar-refractivity contribution in [1.29, 1.82) is 0 Å². The van der Waals surface area contributed by atoms with Gasteiger partial charge >= 0.3 is 0 Å². The Labute approximate surface area is 114 Å². The van der Waals surface area contributed by atoms with Crippen LogP contribution in [0.4, 0.5) is 6.01 Å². The first kappa shape index (κ1) is 12.2. The minimum absolute atomic E-state index is 0.433. The lowest BCUT2D eigenvalue weighted by Gasteiger charge is -2.07. The maximum atomic E-state index is 9.95. The molecular weight excluding hydrogens is 260 g/mol. The Morgan fingerprint density at radius 3 is 2.95 bits per heavy atom. The first-order chi connectivity index (χ1) is 9.33. The zero-order valence-electron chi connectivity index (χ0n) is 10.2. The molecule has 2 N–H and O–H groups in total. The molecule has 3 aromatic rings. The van der Waals surface area contributed by atoms with Gasteiger partial charge in [-0.2, -0.15) is 4.98 Å². The fourth-order valence-electron chi connectivity index (χ4n) is 1.89. The SMILES string of the molecule is OC(CCNc1nc2ccccc2o1)c1cccs1. The molecule has 0 bridgehead atoms. The van der Waals surface area contributed by atoms with Crippen LogP contribution in [0, 0.1) is 0 Å². The lowest BCUT2D eigenvalue weighted by atomic mass is 10.2. The van der Waals surface area contributed by atoms with E-state index in [-0.39, 0.29) is 0 Å². The van der Waals surface area contributed by atoms with Gasteiger partial charge in [-0.25, -0.2) is 0 Å². The van der Waals surface area contributed by atoms with Crippen LogP contribution in [0.2, 0.25) is 0 Å². The molecule has 98 valence electrons. The number of oxazole rings is 1. The maximum absolute atomic E-state index is 9.95. The van der Waals surface area contributed by atoms with Crippen LogP contribution in [0.25, 0.3) is 11.1 Å². The predicted molar refractivity (Wildman–Crippen MR) is 76.4 cm³/mol. The number of hydrogen-bond donors (Lipinski definition) is 2. The number of nitrogens with one attached hydrogen (secondary N) is 1. The number of aliphatic hydroxyl groups excluding tert-OH is 1. The van der Waals surface area contributed by atoms with E-state index in [4.69, 9.17) is 4.42 Å². The molecule has 3 rings (SSSR count). The normalized spacial score (nSPS) is 12.7. The Hall–Kier alpha value is -1.85. The van der Waals surface area contributed by atoms with Gasteiger partial charge in [0.05, 0.1) is 6.10 Å². The van der Waals surface area contributed by atoms with Crippen molar-refractivity contribution in [3.05, 3.63) is 46.7 Å². The zero-order chi connectivity index (χ0) is 13.1. The van der Waals surface area contributed by atoms with Gasteiger partial charge in [0.15, 0.2) is 5.58 Å². The highest BCUT2D eigenvalue weighted by molar-refractivity contribution is 7.10. The van der Waals surface area contributed by atoms with Crippen molar-refractivity contribution >= 4 is 28.5 Å². The third kappa shape index (κ3) is 2.77. The van der Waals surface area contributed by atoms with E-state index in [2.05, 4.69) is 10.3 Å². The maximum Gasteiger partial charge on any atom is 0.295 e. The molecular formula is C14H14N2O2S. The average molecular weight is 274 g/mol. The second kappa shape index (κ2) is 5.42. The van der Waals surface area contributed by atoms with Crippen LogP contribution >= 0.6 is 11.3 Å². The molecule has 5 heteroatoms. The summed E-state index contributed by atoms with van der Waals surface area (Å²) < 4.78 is 5.54. The molecule has 0 saturated carbocycles. The molecule has 1 aromatic carbocycles. The number of aliphatic hydroxyl groups is 1. The first-order valence-corrected chi connectivity index (χ1v) is 7.02. The third-order valence-corrected chi connectivity index (χ3v) is 3.83. The third-order valence-electron chi connectivity index (χ3n) is 2.86. The van der Waals surface area contributed by atoms with Gasteiger partial charge in [0.2, 0.25) is 0 Å². The molecule has 0 aliphatic carbocycles. The molecule has 0 aliphatic rings. The van der Waals surface area contributed by atoms with Crippen LogP contribution in [0.5, 0.6) is 0 Å². The molecule has 2 aromatic heterocycles. The Bertz CT molecular complexity index is 615. The van der Waals surface area contributed by atoms with E-state index in [0.29, 0.717) is 19.0 Å². The van der Waals surface area contributed by atoms with Crippen molar-refractivity contribution in [3.63, 3.8) is 0 Å². The zero-order valence-corrected chi connectivity index (χ0v) is 11.1. The Morgan fingerprint density at radius 1 is 1.26 bits per heavy atom. The standard InChI is InChI=1S/C14H14N2O2S/c17-11(13-6-3-9-19-13)7-8-15-14-16-10-4-1-2-5-12(10)18-14/h1-6,9,11,17H,7-8H2,(H,15,16). The highest BCUT2D eigenvalue weighted by Gasteiger charge is 2.09. The van der Waals surface area contributed by atoms with E-state index < -0.39 is 6.10 Å². The number of para-hydroxylation sites is 2. The quantitative estimate of drug-likeness (QED) is 0.748. The molecule has 0 fully saturated rings. The lowest BCUT2D eigenvalue weighted by molar-refractivity contribution is 0.175. The lowest BCUT2D eigenvalue weighted by Crippen LogP contribution is -2.06. The molecule has 1 atom stereocenters. The van der Waals surface area contributed by atoms with Crippen LogP contribution in [0.15, 0.2) is 46.2 Å². The van der Waals surface area contributed by atoms with Crippen LogP contribution in [-0.2, 0) is 0 Å². The highest BCUT2D eigenvalue weighted by atomic mass is 32.1. The summed E-state index contributed by atoms with van der Waals surface area (Å²) in [5.41, 5.74) is 1.60. The number of thiophene rings is 1. The number of fused-ring (bicyclic) bond motifs is 1. The van der Waals surface area contributed by atoms with Crippen molar-refractivity contribution in [3.8, 4) is 0 Å². The Kier molecular flexibility index (Phi) is 3.48. The molecule has 0 aliphatic heterocycles. The summed E-state index contributed by atoms with van der Waals surface area (Å²) in [4.78, 5) is 5.30. The van der Waals surface area contributed by atoms with Gasteiger partial charge in [-0.05, 0) is 30.0 Å². The average Bonchev–Trinajstić information content (AvgIpc) is 3.07. The number of nitrogens with zero attached hydrogens (tertiary/aromatic N) is 1. The van der Waals surface area contributed by atoms with Crippen LogP contribution in [0.3, 0.4) is 0 Å². The summed E-state index contributed by atoms with van der Waals surface area (Å²) in [5.74, 6) is 0. The van der Waals surface area contributed by atoms with Crippen molar-refractivity contribution in [2.24, 2.45) is 0 Å². The van der Waals surface area contributed by atoms with Gasteiger partial charge in [-0.1, -0.05) is 18.2 Å². The van der Waals surface area contributed by atoms with Gasteiger partial charge in [-0.3, -0.25) is 0 Å². The van der Waals surface area contributed by atoms with Gasteiger partial charge in [0, 0.05) is 11.4 Å². The minimum atomic E-state index is -0.433. The second-order valence-corrected chi connectivity index (χ2v) is 5.21. The smallest absolute Gasteiger partial charge is 0.295 e. The predicted octanol–water partition coefficient (Wildman–Crippen LogP) is 3.42. The number of hydrogen-bond acceptors (Lipinski definition) is 5. The fourth-order valence-corrected chi connectivity index (χ4v) is 2.63. The number of rotatable bonds is 5. The molecule has 4 nitrogen and oxygen atoms in total. The van der Waals surface area contributed by atoms with E-state index in [1.165, 1.54) is 0 Å². The number of anilines is 1. The first-order valence-electron chi connectivity index (χ1n) is 6.14. The summed E-state index contributed by atoms with van der Waals surface area (Å²) in [5, 5.41) is 15.0. The number of benzene rings is 1. The number of aromatic nitrogens is 1. The Morgan fingerprint density at radius 2 is 2.16 bits per heavy atom. The minimum Gasteiger partial charge on any atom is -0.424 e. The van der Waals surface area contributed by atoms with Gasteiger partial charge < -0.3 is 14.8 Å². The topological polar surface area (TPSA) is 58.3 Å². The van der Waals surface area contributed by atoms with E-state index in [9.17, 15) is 5.11 Å². The van der Waals surface area contributed by atoms with Crippen molar-refractivity contribution in [2.75, 3.05) is 11.9 Å². The van der Waals surface area contributed by atoms with Crippen molar-refractivity contribution in [1.82, 2.24) is 4.98 Å². The van der Waals surface area contributed by atoms with Crippen LogP contribution < -0.4 is 5.32 Å². The summed E-state index contributed by atoms with van der Waals surface area (Å²) >= 11 is 1.56. The molecule has 0 radical (unpaired) electrons. The highest BCUT2D eigenvalue weighted by Crippen LogP contribution is 2.22. The van der Waals surface area contributed by atoms with Gasteiger partial charge in [0.25, 0.3) is 6.01 Å². The second-order valence-electron chi connectivity index (χ2n) is 4.23. The van der Waals surface area contributed by atoms with Crippen molar-refractivity contribution < 1.29 is 9.52 Å². The summed E-state index contributed by atoms with van der Waals surface area (Å²) in [6, 6.07) is 12.0. The van der Waals surface area contributed by atoms with E-state index in [0.717, 1.165) is 16.0 Å². The monoisotopic (exact) mass is 274 g/mol. The molecule has 0 saturated heterocycles.